The summed E-state index contributed by atoms with van der Waals surface area (Å²) in [5.74, 6) is 0.000822. The maximum Gasteiger partial charge on any atom is 0.261 e. The molecule has 0 radical (unpaired) electrons. The molecule has 2 amide bonds. The van der Waals surface area contributed by atoms with Crippen LogP contribution in [0.3, 0.4) is 0 Å². The summed E-state index contributed by atoms with van der Waals surface area (Å²) in [4.78, 5) is 29.0. The van der Waals surface area contributed by atoms with Gasteiger partial charge >= 0.3 is 0 Å². The molecule has 0 bridgehead atoms. The van der Waals surface area contributed by atoms with Crippen LogP contribution >= 0.6 is 11.3 Å². The van der Waals surface area contributed by atoms with Crippen LogP contribution < -0.4 is 10.2 Å². The maximum atomic E-state index is 12.3. The molecule has 0 aliphatic carbocycles. The highest BCUT2D eigenvalue weighted by atomic mass is 32.1. The second kappa shape index (κ2) is 7.97. The van der Waals surface area contributed by atoms with Crippen LogP contribution in [-0.2, 0) is 4.79 Å². The maximum absolute atomic E-state index is 12.3. The average Bonchev–Trinajstić information content (AvgIpc) is 3.17. The molecular formula is C18H21N3O2S. The van der Waals surface area contributed by atoms with E-state index in [9.17, 15) is 9.59 Å². The Balaban J connectivity index is 1.40. The first kappa shape index (κ1) is 16.5. The standard InChI is InChI=1S/C18H21N3O2S/c22-17(8-9-19-18(23)16-7-4-14-24-16)21-12-10-20(11-13-21)15-5-2-1-3-6-15/h1-7,14H,8-13H2,(H,19,23). The van der Waals surface area contributed by atoms with E-state index in [2.05, 4.69) is 22.3 Å². The van der Waals surface area contributed by atoms with Gasteiger partial charge in [0.15, 0.2) is 0 Å². The summed E-state index contributed by atoms with van der Waals surface area (Å²) in [6, 6.07) is 13.9. The predicted molar refractivity (Wildman–Crippen MR) is 96.5 cm³/mol. The van der Waals surface area contributed by atoms with E-state index >= 15 is 0 Å². The molecule has 6 heteroatoms. The number of amides is 2. The quantitative estimate of drug-likeness (QED) is 0.906. The van der Waals surface area contributed by atoms with Gasteiger partial charge in [-0.1, -0.05) is 24.3 Å². The third kappa shape index (κ3) is 4.14. The predicted octanol–water partition coefficient (Wildman–Crippen LogP) is 2.22. The first-order valence-electron chi connectivity index (χ1n) is 8.13. The molecule has 0 atom stereocenters. The van der Waals surface area contributed by atoms with E-state index in [0.29, 0.717) is 17.8 Å². The lowest BCUT2D eigenvalue weighted by Crippen LogP contribution is -2.49. The summed E-state index contributed by atoms with van der Waals surface area (Å²) in [6.07, 6.45) is 0.350. The number of para-hydroxylation sites is 1. The summed E-state index contributed by atoms with van der Waals surface area (Å²) in [6.45, 7) is 3.53. The van der Waals surface area contributed by atoms with E-state index in [1.165, 1.54) is 17.0 Å². The lowest BCUT2D eigenvalue weighted by atomic mass is 10.2. The first-order chi connectivity index (χ1) is 11.7. The van der Waals surface area contributed by atoms with Gasteiger partial charge in [-0.2, -0.15) is 0 Å². The van der Waals surface area contributed by atoms with Gasteiger partial charge in [-0.15, -0.1) is 11.3 Å². The van der Waals surface area contributed by atoms with Crippen molar-refractivity contribution in [2.24, 2.45) is 0 Å². The number of anilines is 1. The molecular weight excluding hydrogens is 322 g/mol. The average molecular weight is 343 g/mol. The SMILES string of the molecule is O=C(NCCC(=O)N1CCN(c2ccccc2)CC1)c1cccs1. The fourth-order valence-corrected chi connectivity index (χ4v) is 3.43. The second-order valence-electron chi connectivity index (χ2n) is 5.69. The summed E-state index contributed by atoms with van der Waals surface area (Å²) in [7, 11) is 0. The zero-order valence-corrected chi connectivity index (χ0v) is 14.3. The smallest absolute Gasteiger partial charge is 0.261 e. The lowest BCUT2D eigenvalue weighted by molar-refractivity contribution is -0.131. The Morgan fingerprint density at radius 3 is 2.42 bits per heavy atom. The minimum Gasteiger partial charge on any atom is -0.368 e. The van der Waals surface area contributed by atoms with Gasteiger partial charge in [-0.05, 0) is 23.6 Å². The Labute approximate surface area is 145 Å². The molecule has 0 unspecified atom stereocenters. The van der Waals surface area contributed by atoms with Crippen molar-refractivity contribution in [1.82, 2.24) is 10.2 Å². The number of rotatable bonds is 5. The van der Waals surface area contributed by atoms with Gasteiger partial charge in [0.05, 0.1) is 4.88 Å². The third-order valence-electron chi connectivity index (χ3n) is 4.12. The van der Waals surface area contributed by atoms with E-state index in [0.717, 1.165) is 26.2 Å². The van der Waals surface area contributed by atoms with Crippen molar-refractivity contribution in [2.45, 2.75) is 6.42 Å². The number of nitrogens with zero attached hydrogens (tertiary/aromatic N) is 2. The Kier molecular flexibility index (Phi) is 5.48. The van der Waals surface area contributed by atoms with Gasteiger partial charge in [0, 0.05) is 44.8 Å². The lowest BCUT2D eigenvalue weighted by Gasteiger charge is -2.36. The van der Waals surface area contributed by atoms with Crippen molar-refractivity contribution in [2.75, 3.05) is 37.6 Å². The molecule has 1 aliphatic heterocycles. The van der Waals surface area contributed by atoms with Crippen molar-refractivity contribution in [3.63, 3.8) is 0 Å². The van der Waals surface area contributed by atoms with Gasteiger partial charge in [-0.3, -0.25) is 9.59 Å². The van der Waals surface area contributed by atoms with E-state index in [1.807, 2.05) is 34.5 Å². The molecule has 3 rings (SSSR count). The number of carbonyl (C=O) groups is 2. The second-order valence-corrected chi connectivity index (χ2v) is 6.63. The number of carbonyl (C=O) groups excluding carboxylic acids is 2. The Morgan fingerprint density at radius 1 is 1.00 bits per heavy atom. The molecule has 0 saturated carbocycles. The molecule has 1 aliphatic rings. The van der Waals surface area contributed by atoms with Gasteiger partial charge in [0.25, 0.3) is 5.91 Å². The van der Waals surface area contributed by atoms with Crippen LogP contribution in [0, 0.1) is 0 Å². The Morgan fingerprint density at radius 2 is 1.75 bits per heavy atom. The molecule has 126 valence electrons. The van der Waals surface area contributed by atoms with Crippen molar-refractivity contribution in [1.29, 1.82) is 0 Å². The molecule has 1 fully saturated rings. The molecule has 1 saturated heterocycles. The van der Waals surface area contributed by atoms with Crippen LogP contribution in [0.1, 0.15) is 16.1 Å². The molecule has 24 heavy (non-hydrogen) atoms. The zero-order valence-electron chi connectivity index (χ0n) is 13.5. The van der Waals surface area contributed by atoms with Crippen molar-refractivity contribution in [3.8, 4) is 0 Å². The van der Waals surface area contributed by atoms with Crippen LogP contribution in [0.15, 0.2) is 47.8 Å². The third-order valence-corrected chi connectivity index (χ3v) is 4.99. The van der Waals surface area contributed by atoms with Crippen LogP contribution in [0.4, 0.5) is 5.69 Å². The first-order valence-corrected chi connectivity index (χ1v) is 9.01. The molecule has 5 nitrogen and oxygen atoms in total. The van der Waals surface area contributed by atoms with Crippen LogP contribution in [-0.4, -0.2) is 49.4 Å². The van der Waals surface area contributed by atoms with Gasteiger partial charge < -0.3 is 15.1 Å². The van der Waals surface area contributed by atoms with Crippen LogP contribution in [0.2, 0.25) is 0 Å². The fraction of sp³-hybridized carbons (Fsp3) is 0.333. The number of hydrogen-bond acceptors (Lipinski definition) is 4. The van der Waals surface area contributed by atoms with Gasteiger partial charge in [0.2, 0.25) is 5.91 Å². The Hall–Kier alpha value is -2.34. The minimum atomic E-state index is -0.105. The molecule has 0 spiro atoms. The van der Waals surface area contributed by atoms with Crippen molar-refractivity contribution < 1.29 is 9.59 Å². The van der Waals surface area contributed by atoms with Crippen molar-refractivity contribution >= 4 is 28.8 Å². The van der Waals surface area contributed by atoms with Crippen LogP contribution in [0.5, 0.6) is 0 Å². The molecule has 1 aromatic heterocycles. The zero-order chi connectivity index (χ0) is 16.8. The van der Waals surface area contributed by atoms with Gasteiger partial charge in [0.1, 0.15) is 0 Å². The number of benzene rings is 1. The highest BCUT2D eigenvalue weighted by Crippen LogP contribution is 2.15. The summed E-state index contributed by atoms with van der Waals surface area (Å²) >= 11 is 1.40. The van der Waals surface area contributed by atoms with E-state index in [4.69, 9.17) is 0 Å². The number of thiophene rings is 1. The van der Waals surface area contributed by atoms with Gasteiger partial charge in [-0.25, -0.2) is 0 Å². The van der Waals surface area contributed by atoms with E-state index < -0.39 is 0 Å². The summed E-state index contributed by atoms with van der Waals surface area (Å²) in [5, 5.41) is 4.67. The molecule has 2 heterocycles. The highest BCUT2D eigenvalue weighted by molar-refractivity contribution is 7.12. The number of nitrogens with one attached hydrogen (secondary N) is 1. The Bertz CT molecular complexity index is 665. The monoisotopic (exact) mass is 343 g/mol. The fourth-order valence-electron chi connectivity index (χ4n) is 2.79. The van der Waals surface area contributed by atoms with Crippen LogP contribution in [0.25, 0.3) is 0 Å². The molecule has 1 aromatic carbocycles. The normalized spacial score (nSPS) is 14.5. The molecule has 2 aromatic rings. The topological polar surface area (TPSA) is 52.7 Å². The highest BCUT2D eigenvalue weighted by Gasteiger charge is 2.21. The van der Waals surface area contributed by atoms with Crippen molar-refractivity contribution in [3.05, 3.63) is 52.7 Å². The van der Waals surface area contributed by atoms with E-state index in [-0.39, 0.29) is 11.8 Å². The number of hydrogen-bond donors (Lipinski definition) is 1. The number of piperazine rings is 1. The summed E-state index contributed by atoms with van der Waals surface area (Å²) in [5.41, 5.74) is 1.20. The minimum absolute atomic E-state index is 0.105. The van der Waals surface area contributed by atoms with E-state index in [1.54, 1.807) is 6.07 Å². The molecule has 1 N–H and O–H groups in total. The largest absolute Gasteiger partial charge is 0.368 e. The summed E-state index contributed by atoms with van der Waals surface area (Å²) < 4.78 is 0.